The second-order valence-electron chi connectivity index (χ2n) is 17.2. The number of carbonyl (C=O) groups is 3. The zero-order valence-corrected chi connectivity index (χ0v) is 33.2. The smallest absolute Gasteiger partial charge is 0.286 e. The molecule has 0 unspecified atom stereocenters. The Morgan fingerprint density at radius 1 is 0.900 bits per heavy atom. The summed E-state index contributed by atoms with van der Waals surface area (Å²) in [6, 6.07) is 1.05. The molecule has 0 aromatic rings. The molecule has 11 heteroatoms. The van der Waals surface area contributed by atoms with Crippen LogP contribution in [-0.2, 0) is 23.5 Å². The van der Waals surface area contributed by atoms with Crippen LogP contribution in [0.3, 0.4) is 0 Å². The average molecular weight is 716 g/mol. The number of hydrogen-bond acceptors (Lipinski definition) is 7. The molecule has 4 saturated carbocycles. The first-order chi connectivity index (χ1) is 23.8. The maximum atomic E-state index is 12.9. The summed E-state index contributed by atoms with van der Waals surface area (Å²) in [5.74, 6) is 5.53. The van der Waals surface area contributed by atoms with Crippen LogP contribution in [-0.4, -0.2) is 82.9 Å². The Bertz CT molecular complexity index is 1140. The van der Waals surface area contributed by atoms with Crippen molar-refractivity contribution in [3.05, 3.63) is 0 Å². The molecule has 4 fully saturated rings. The van der Waals surface area contributed by atoms with Gasteiger partial charge in [0, 0.05) is 65.6 Å². The van der Waals surface area contributed by atoms with Crippen molar-refractivity contribution in [2.24, 2.45) is 46.8 Å². The number of amides is 3. The molecule has 284 valence electrons. The van der Waals surface area contributed by atoms with E-state index in [1.165, 1.54) is 71.6 Å². The van der Waals surface area contributed by atoms with E-state index in [-0.39, 0.29) is 17.7 Å². The minimum atomic E-state index is -1.77. The van der Waals surface area contributed by atoms with Crippen LogP contribution < -0.4 is 16.0 Å². The predicted molar refractivity (Wildman–Crippen MR) is 199 cm³/mol. The molecule has 0 saturated heterocycles. The van der Waals surface area contributed by atoms with Crippen LogP contribution in [0, 0.1) is 58.4 Å². The van der Waals surface area contributed by atoms with Crippen molar-refractivity contribution in [1.82, 2.24) is 20.9 Å². The third-order valence-corrected chi connectivity index (χ3v) is 16.0. The molecule has 0 aliphatic heterocycles. The van der Waals surface area contributed by atoms with Crippen molar-refractivity contribution in [3.8, 4) is 6.26 Å². The number of rotatable bonds is 19. The van der Waals surface area contributed by atoms with Crippen molar-refractivity contribution in [2.45, 2.75) is 130 Å². The molecular formula is C39H69N5O5Si. The van der Waals surface area contributed by atoms with Gasteiger partial charge in [0.1, 0.15) is 6.61 Å². The summed E-state index contributed by atoms with van der Waals surface area (Å²) in [6.45, 7) is 16.9. The molecular weight excluding hydrogens is 647 g/mol. The zero-order valence-electron chi connectivity index (χ0n) is 32.2. The van der Waals surface area contributed by atoms with Crippen molar-refractivity contribution >= 4 is 26.0 Å². The first kappa shape index (κ1) is 40.6. The molecule has 50 heavy (non-hydrogen) atoms. The molecule has 10 nitrogen and oxygen atoms in total. The molecule has 0 spiro atoms. The van der Waals surface area contributed by atoms with Gasteiger partial charge in [0.25, 0.3) is 6.26 Å². The monoisotopic (exact) mass is 716 g/mol. The number of fused-ring (bicyclic) bond motifs is 5. The quantitative estimate of drug-likeness (QED) is 0.0870. The second kappa shape index (κ2) is 19.1. The summed E-state index contributed by atoms with van der Waals surface area (Å²) in [7, 11) is -1.77. The molecule has 0 heterocycles. The number of carbonyl (C=O) groups excluding carboxylic acids is 3. The predicted octanol–water partition coefficient (Wildman–Crippen LogP) is 5.84. The lowest BCUT2D eigenvalue weighted by molar-refractivity contribution is -0.121. The van der Waals surface area contributed by atoms with Gasteiger partial charge in [-0.2, -0.15) is 5.26 Å². The summed E-state index contributed by atoms with van der Waals surface area (Å²) in [6.07, 6.45) is 16.6. The van der Waals surface area contributed by atoms with E-state index in [0.717, 1.165) is 54.4 Å². The van der Waals surface area contributed by atoms with E-state index in [1.54, 1.807) is 6.26 Å². The van der Waals surface area contributed by atoms with Crippen molar-refractivity contribution in [3.63, 3.8) is 0 Å². The van der Waals surface area contributed by atoms with E-state index < -0.39 is 8.32 Å². The molecule has 4 aliphatic rings. The number of hydrogen-bond donors (Lipinski definition) is 3. The van der Waals surface area contributed by atoms with Crippen LogP contribution in [0.15, 0.2) is 0 Å². The van der Waals surface area contributed by atoms with Crippen LogP contribution in [0.2, 0.25) is 19.1 Å². The van der Waals surface area contributed by atoms with Gasteiger partial charge in [-0.15, -0.1) is 0 Å². The fourth-order valence-electron chi connectivity index (χ4n) is 11.0. The highest BCUT2D eigenvalue weighted by molar-refractivity contribution is 6.71. The van der Waals surface area contributed by atoms with Crippen LogP contribution in [0.1, 0.15) is 105 Å². The highest BCUT2D eigenvalue weighted by atomic mass is 28.4. The molecule has 0 bridgehead atoms. The number of nitrogens with one attached hydrogen (secondary N) is 3. The number of nitriles is 1. The van der Waals surface area contributed by atoms with E-state index in [4.69, 9.17) is 14.4 Å². The van der Waals surface area contributed by atoms with Gasteiger partial charge in [0.15, 0.2) is 8.32 Å². The topological polar surface area (TPSA) is 133 Å². The van der Waals surface area contributed by atoms with Crippen LogP contribution in [0.4, 0.5) is 0 Å². The summed E-state index contributed by atoms with van der Waals surface area (Å²) in [4.78, 5) is 37.6. The first-order valence-electron chi connectivity index (χ1n) is 20.0. The van der Waals surface area contributed by atoms with Crippen molar-refractivity contribution in [1.29, 1.82) is 5.26 Å². The summed E-state index contributed by atoms with van der Waals surface area (Å²) < 4.78 is 11.8. The zero-order chi connectivity index (χ0) is 36.3. The Hall–Kier alpha value is -2.16. The summed E-state index contributed by atoms with van der Waals surface area (Å²) >= 11 is 0. The fourth-order valence-corrected chi connectivity index (χ4v) is 13.2. The van der Waals surface area contributed by atoms with Crippen LogP contribution in [0.5, 0.6) is 0 Å². The fraction of sp³-hybridized carbons (Fsp3) is 0.897. The van der Waals surface area contributed by atoms with Gasteiger partial charge in [-0.25, -0.2) is 0 Å². The third kappa shape index (κ3) is 11.4. The van der Waals surface area contributed by atoms with E-state index >= 15 is 0 Å². The van der Waals surface area contributed by atoms with Gasteiger partial charge in [-0.3, -0.25) is 19.3 Å². The minimum absolute atomic E-state index is 0.0553. The normalized spacial score (nSPS) is 31.0. The minimum Gasteiger partial charge on any atom is -0.428 e. The van der Waals surface area contributed by atoms with Gasteiger partial charge in [0.05, 0.1) is 0 Å². The maximum absolute atomic E-state index is 12.9. The van der Waals surface area contributed by atoms with Gasteiger partial charge in [-0.05, 0) is 137 Å². The standard InChI is InChI=1S/C39H69N5O5Si/c1-28(8-15-38(47)43-20-23-44(21-18-41-29(2)45)22-19-42-30(3)46)33-11-12-35-34(33)13-14-37-36(35)10-9-31-26-32(16-17-39(31,37)4)49-50(5,6)25-7-24-48-27-40/h28,31-37H,7-26H2,1-6H3,(H,41,45)(H,42,46)(H,43,47)/t28-,31-,32-,33-,34-,35-,36+,37+,39+/m1/s1. The largest absolute Gasteiger partial charge is 0.428 e. The Labute approximate surface area is 304 Å². The number of nitrogens with zero attached hydrogens (tertiary/aromatic N) is 2. The Balaban J connectivity index is 1.20. The summed E-state index contributed by atoms with van der Waals surface area (Å²) in [5, 5.41) is 17.5. The Morgan fingerprint density at radius 2 is 1.54 bits per heavy atom. The maximum Gasteiger partial charge on any atom is 0.286 e. The molecule has 3 N–H and O–H groups in total. The SMILES string of the molecule is CC(=O)NCCN(CCNC(C)=O)CCNC(=O)CC[C@@H](C)[C@H]1CC[C@@H]2[C@@H]1CC[C@H]1[C@H]2CC[C@@H]2C[C@H](O[Si](C)(C)CCCOC#N)CC[C@@]21C. The highest BCUT2D eigenvalue weighted by Gasteiger charge is 2.57. The molecule has 0 aromatic heterocycles. The molecule has 3 amide bonds. The highest BCUT2D eigenvalue weighted by Crippen LogP contribution is 2.64. The lowest BCUT2D eigenvalue weighted by Gasteiger charge is -2.59. The Kier molecular flexibility index (Phi) is 15.5. The van der Waals surface area contributed by atoms with E-state index in [0.29, 0.717) is 69.7 Å². The molecule has 0 radical (unpaired) electrons. The third-order valence-electron chi connectivity index (χ3n) is 13.5. The van der Waals surface area contributed by atoms with E-state index in [1.807, 2.05) is 0 Å². The van der Waals surface area contributed by atoms with Gasteiger partial charge in [0.2, 0.25) is 17.7 Å². The number of ether oxygens (including phenoxy) is 1. The van der Waals surface area contributed by atoms with Gasteiger partial charge < -0.3 is 25.1 Å². The second-order valence-corrected chi connectivity index (χ2v) is 21.4. The van der Waals surface area contributed by atoms with Gasteiger partial charge in [-0.1, -0.05) is 13.8 Å². The molecule has 4 rings (SSSR count). The first-order valence-corrected chi connectivity index (χ1v) is 23.1. The lowest BCUT2D eigenvalue weighted by Crippen LogP contribution is -2.53. The van der Waals surface area contributed by atoms with Gasteiger partial charge >= 0.3 is 0 Å². The van der Waals surface area contributed by atoms with Crippen molar-refractivity contribution in [2.75, 3.05) is 45.9 Å². The Morgan fingerprint density at radius 3 is 2.20 bits per heavy atom. The molecule has 0 aromatic carbocycles. The van der Waals surface area contributed by atoms with E-state index in [9.17, 15) is 14.4 Å². The summed E-state index contributed by atoms with van der Waals surface area (Å²) in [5.41, 5.74) is 0.450. The molecule has 9 atom stereocenters. The van der Waals surface area contributed by atoms with Crippen LogP contribution >= 0.6 is 0 Å². The van der Waals surface area contributed by atoms with Crippen molar-refractivity contribution < 1.29 is 23.5 Å². The lowest BCUT2D eigenvalue weighted by atomic mass is 9.46. The average Bonchev–Trinajstić information content (AvgIpc) is 3.50. The molecule has 4 aliphatic carbocycles. The van der Waals surface area contributed by atoms with Crippen LogP contribution in [0.25, 0.3) is 0 Å². The van der Waals surface area contributed by atoms with E-state index in [2.05, 4.69) is 47.8 Å².